The van der Waals surface area contributed by atoms with Gasteiger partial charge < -0.3 is 20.1 Å². The van der Waals surface area contributed by atoms with E-state index in [0.717, 1.165) is 22.6 Å². The van der Waals surface area contributed by atoms with Crippen molar-refractivity contribution in [3.05, 3.63) is 64.2 Å². The van der Waals surface area contributed by atoms with Crippen molar-refractivity contribution in [2.45, 2.75) is 82.9 Å². The van der Waals surface area contributed by atoms with Crippen LogP contribution in [0.1, 0.15) is 67.3 Å². The van der Waals surface area contributed by atoms with E-state index in [2.05, 4.69) is 0 Å². The normalized spacial score (nSPS) is 13.4. The van der Waals surface area contributed by atoms with Crippen molar-refractivity contribution in [1.29, 1.82) is 0 Å². The van der Waals surface area contributed by atoms with Gasteiger partial charge in [0.05, 0.1) is 6.10 Å². The number of carboxylic acids is 1. The average molecular weight is 575 g/mol. The molecule has 0 aliphatic carbocycles. The standard InChI is InChI=1S/C29H32F6O5/c1-5-26(6-2,22-9-11-24(19(4)16-22)40-17-23(36)10-12-25(37)38)21-8-7-20(18(3)15-21)13-14-27(39,28(30,31)32)29(33,34)35/h7-9,11,15-16,23,36,39H,5-6,10,12,17H2,1-4H3,(H,37,38)/t23-/m0/s1. The van der Waals surface area contributed by atoms with Crippen LogP contribution in [0.5, 0.6) is 5.75 Å². The minimum Gasteiger partial charge on any atom is -0.491 e. The number of carboxylic acid groups (broad SMARTS) is 1. The number of aliphatic hydroxyl groups excluding tert-OH is 1. The smallest absolute Gasteiger partial charge is 0.438 e. The molecule has 0 unspecified atom stereocenters. The summed E-state index contributed by atoms with van der Waals surface area (Å²) in [5.41, 5.74) is -3.02. The number of alkyl halides is 6. The molecule has 0 radical (unpaired) electrons. The van der Waals surface area contributed by atoms with Crippen LogP contribution in [0, 0.1) is 25.7 Å². The van der Waals surface area contributed by atoms with Gasteiger partial charge in [0.1, 0.15) is 12.4 Å². The molecular formula is C29H32F6O5. The first-order chi connectivity index (χ1) is 18.4. The highest BCUT2D eigenvalue weighted by Gasteiger charge is 2.70. The van der Waals surface area contributed by atoms with Crippen LogP contribution in [0.25, 0.3) is 0 Å². The van der Waals surface area contributed by atoms with Crippen molar-refractivity contribution >= 4 is 5.97 Å². The van der Waals surface area contributed by atoms with Gasteiger partial charge in [-0.1, -0.05) is 44.0 Å². The van der Waals surface area contributed by atoms with Crippen molar-refractivity contribution in [2.24, 2.45) is 0 Å². The summed E-state index contributed by atoms with van der Waals surface area (Å²) >= 11 is 0. The quantitative estimate of drug-likeness (QED) is 0.232. The molecule has 0 spiro atoms. The largest absolute Gasteiger partial charge is 0.491 e. The second kappa shape index (κ2) is 12.5. The van der Waals surface area contributed by atoms with E-state index in [1.807, 2.05) is 38.8 Å². The number of ether oxygens (including phenoxy) is 1. The zero-order chi connectivity index (χ0) is 30.5. The number of hydrogen-bond acceptors (Lipinski definition) is 4. The highest BCUT2D eigenvalue weighted by Crippen LogP contribution is 2.43. The molecular weight excluding hydrogens is 542 g/mol. The van der Waals surface area contributed by atoms with E-state index in [1.165, 1.54) is 13.0 Å². The van der Waals surface area contributed by atoms with Gasteiger partial charge in [-0.15, -0.1) is 0 Å². The van der Waals surface area contributed by atoms with Crippen molar-refractivity contribution in [3.8, 4) is 17.6 Å². The maximum absolute atomic E-state index is 13.0. The van der Waals surface area contributed by atoms with Crippen LogP contribution in [-0.2, 0) is 10.2 Å². The molecule has 0 heterocycles. The van der Waals surface area contributed by atoms with E-state index in [4.69, 9.17) is 9.84 Å². The summed E-state index contributed by atoms with van der Waals surface area (Å²) in [6.45, 7) is 7.15. The van der Waals surface area contributed by atoms with Crippen molar-refractivity contribution in [2.75, 3.05) is 6.61 Å². The first kappa shape index (κ1) is 33.0. The minimum absolute atomic E-state index is 0.0483. The lowest BCUT2D eigenvalue weighted by atomic mass is 9.70. The molecule has 220 valence electrons. The second-order valence-electron chi connectivity index (χ2n) is 9.65. The third-order valence-electron chi connectivity index (χ3n) is 7.03. The van der Waals surface area contributed by atoms with Crippen LogP contribution >= 0.6 is 0 Å². The number of aliphatic hydroxyl groups is 2. The Bertz CT molecular complexity index is 1240. The molecule has 0 aromatic heterocycles. The Morgan fingerprint density at radius 2 is 1.45 bits per heavy atom. The Morgan fingerprint density at radius 3 is 1.90 bits per heavy atom. The summed E-state index contributed by atoms with van der Waals surface area (Å²) in [6.07, 6.45) is -11.9. The Morgan fingerprint density at radius 1 is 0.925 bits per heavy atom. The van der Waals surface area contributed by atoms with Gasteiger partial charge in [-0.05, 0) is 73.4 Å². The number of aryl methyl sites for hydroxylation is 2. The number of carbonyl (C=O) groups is 1. The van der Waals surface area contributed by atoms with Crippen LogP contribution in [0.4, 0.5) is 26.3 Å². The lowest BCUT2D eigenvalue weighted by Crippen LogP contribution is -2.55. The van der Waals surface area contributed by atoms with Crippen LogP contribution in [0.3, 0.4) is 0 Å². The van der Waals surface area contributed by atoms with E-state index >= 15 is 0 Å². The fraction of sp³-hybridized carbons (Fsp3) is 0.483. The summed E-state index contributed by atoms with van der Waals surface area (Å²) in [5, 5.41) is 28.0. The number of halogens is 6. The molecule has 11 heteroatoms. The summed E-state index contributed by atoms with van der Waals surface area (Å²) < 4.78 is 83.7. The highest BCUT2D eigenvalue weighted by atomic mass is 19.4. The van der Waals surface area contributed by atoms with Gasteiger partial charge in [0.25, 0.3) is 0 Å². The third-order valence-corrected chi connectivity index (χ3v) is 7.03. The minimum atomic E-state index is -6.03. The van der Waals surface area contributed by atoms with Gasteiger partial charge in [-0.25, -0.2) is 0 Å². The molecule has 0 bridgehead atoms. The SMILES string of the molecule is CCC(CC)(c1ccc(C#CC(O)(C(F)(F)F)C(F)(F)F)c(C)c1)c1ccc(OC[C@@H](O)CCC(=O)O)c(C)c1. The van der Waals surface area contributed by atoms with Crippen LogP contribution in [0.15, 0.2) is 36.4 Å². The second-order valence-corrected chi connectivity index (χ2v) is 9.65. The number of hydrogen-bond donors (Lipinski definition) is 3. The Balaban J connectivity index is 2.41. The molecule has 40 heavy (non-hydrogen) atoms. The summed E-state index contributed by atoms with van der Waals surface area (Å²) in [6, 6.07) is 10.1. The zero-order valence-electron chi connectivity index (χ0n) is 22.5. The van der Waals surface area contributed by atoms with Gasteiger partial charge in [0.2, 0.25) is 0 Å². The summed E-state index contributed by atoms with van der Waals surface area (Å²) in [5.74, 6) is 2.34. The highest BCUT2D eigenvalue weighted by molar-refractivity contribution is 5.66. The predicted molar refractivity (Wildman–Crippen MR) is 136 cm³/mol. The molecule has 0 aliphatic rings. The average Bonchev–Trinajstić information content (AvgIpc) is 2.86. The van der Waals surface area contributed by atoms with Crippen LogP contribution in [-0.4, -0.2) is 52.0 Å². The fourth-order valence-electron chi connectivity index (χ4n) is 4.46. The van der Waals surface area contributed by atoms with Gasteiger partial charge in [0.15, 0.2) is 0 Å². The molecule has 2 aromatic rings. The maximum atomic E-state index is 13.0. The van der Waals surface area contributed by atoms with Crippen molar-refractivity contribution in [3.63, 3.8) is 0 Å². The van der Waals surface area contributed by atoms with Gasteiger partial charge in [-0.2, -0.15) is 26.3 Å². The lowest BCUT2D eigenvalue weighted by molar-refractivity contribution is -0.343. The molecule has 0 fully saturated rings. The van der Waals surface area contributed by atoms with E-state index in [0.29, 0.717) is 24.2 Å². The monoisotopic (exact) mass is 574 g/mol. The molecule has 2 aromatic carbocycles. The van der Waals surface area contributed by atoms with Crippen molar-refractivity contribution in [1.82, 2.24) is 0 Å². The van der Waals surface area contributed by atoms with Crippen LogP contribution < -0.4 is 4.74 Å². The Hall–Kier alpha value is -3.23. The summed E-state index contributed by atoms with van der Waals surface area (Å²) in [7, 11) is 0. The first-order valence-electron chi connectivity index (χ1n) is 12.6. The molecule has 0 saturated heterocycles. The van der Waals surface area contributed by atoms with E-state index < -0.39 is 35.4 Å². The van der Waals surface area contributed by atoms with E-state index in [9.17, 15) is 41.4 Å². The van der Waals surface area contributed by atoms with Gasteiger partial charge >= 0.3 is 23.9 Å². The number of rotatable bonds is 10. The number of benzene rings is 2. The molecule has 5 nitrogen and oxygen atoms in total. The molecule has 0 aliphatic heterocycles. The zero-order valence-corrected chi connectivity index (χ0v) is 22.5. The topological polar surface area (TPSA) is 87.0 Å². The molecule has 0 amide bonds. The molecule has 3 N–H and O–H groups in total. The molecule has 1 atom stereocenters. The van der Waals surface area contributed by atoms with E-state index in [-0.39, 0.29) is 25.0 Å². The fourth-order valence-corrected chi connectivity index (χ4v) is 4.46. The summed E-state index contributed by atoms with van der Waals surface area (Å²) in [4.78, 5) is 10.7. The van der Waals surface area contributed by atoms with Gasteiger partial charge in [-0.3, -0.25) is 4.79 Å². The third kappa shape index (κ3) is 7.09. The predicted octanol–water partition coefficient (Wildman–Crippen LogP) is 6.22. The van der Waals surface area contributed by atoms with Crippen LogP contribution in [0.2, 0.25) is 0 Å². The molecule has 0 saturated carbocycles. The Kier molecular flexibility index (Phi) is 10.3. The first-order valence-corrected chi connectivity index (χ1v) is 12.6. The lowest BCUT2D eigenvalue weighted by Gasteiger charge is -2.34. The van der Waals surface area contributed by atoms with Gasteiger partial charge in [0, 0.05) is 17.4 Å². The maximum Gasteiger partial charge on any atom is 0.438 e. The van der Waals surface area contributed by atoms with Crippen molar-refractivity contribution < 1.29 is 51.2 Å². The molecule has 2 rings (SSSR count). The Labute approximate surface area is 228 Å². The number of aliphatic carboxylic acids is 1. The van der Waals surface area contributed by atoms with E-state index in [1.54, 1.807) is 18.2 Å².